The molecular formula is C16H22N2O. The molecule has 1 N–H and O–H groups in total. The van der Waals surface area contributed by atoms with Crippen LogP contribution in [-0.4, -0.2) is 11.2 Å². The molecule has 1 atom stereocenters. The van der Waals surface area contributed by atoms with Crippen molar-refractivity contribution in [3.8, 4) is 0 Å². The topological polar surface area (TPSA) is 38.1 Å². The molecule has 0 bridgehead atoms. The van der Waals surface area contributed by atoms with E-state index in [1.165, 1.54) is 11.1 Å². The molecule has 0 aliphatic rings. The van der Waals surface area contributed by atoms with Gasteiger partial charge in [-0.05, 0) is 39.2 Å². The molecule has 1 aromatic heterocycles. The maximum absolute atomic E-state index is 5.05. The highest BCUT2D eigenvalue weighted by atomic mass is 16.5. The summed E-state index contributed by atoms with van der Waals surface area (Å²) >= 11 is 0. The SMILES string of the molecule is Cc1cccc(CCC(C)NCc2cc(C)on2)c1. The predicted molar refractivity (Wildman–Crippen MR) is 77.0 cm³/mol. The number of hydrogen-bond acceptors (Lipinski definition) is 3. The fourth-order valence-electron chi connectivity index (χ4n) is 2.13. The lowest BCUT2D eigenvalue weighted by Crippen LogP contribution is -2.26. The van der Waals surface area contributed by atoms with Crippen LogP contribution < -0.4 is 5.32 Å². The van der Waals surface area contributed by atoms with Gasteiger partial charge in [-0.1, -0.05) is 35.0 Å². The van der Waals surface area contributed by atoms with Crippen LogP contribution in [0.4, 0.5) is 0 Å². The number of aromatic nitrogens is 1. The highest BCUT2D eigenvalue weighted by Gasteiger charge is 2.05. The molecule has 3 nitrogen and oxygen atoms in total. The molecule has 1 unspecified atom stereocenters. The van der Waals surface area contributed by atoms with Gasteiger partial charge in [-0.25, -0.2) is 0 Å². The molecule has 0 aliphatic carbocycles. The van der Waals surface area contributed by atoms with Gasteiger partial charge in [0.15, 0.2) is 0 Å². The molecule has 0 aliphatic heterocycles. The zero-order valence-corrected chi connectivity index (χ0v) is 11.9. The molecule has 1 aromatic carbocycles. The number of benzene rings is 1. The largest absolute Gasteiger partial charge is 0.361 e. The van der Waals surface area contributed by atoms with E-state index >= 15 is 0 Å². The Labute approximate surface area is 115 Å². The van der Waals surface area contributed by atoms with E-state index in [-0.39, 0.29) is 0 Å². The zero-order valence-electron chi connectivity index (χ0n) is 11.9. The van der Waals surface area contributed by atoms with Gasteiger partial charge in [0.25, 0.3) is 0 Å². The van der Waals surface area contributed by atoms with E-state index < -0.39 is 0 Å². The first-order valence-electron chi connectivity index (χ1n) is 6.84. The Hall–Kier alpha value is -1.61. The van der Waals surface area contributed by atoms with Crippen molar-refractivity contribution in [3.05, 3.63) is 52.9 Å². The summed E-state index contributed by atoms with van der Waals surface area (Å²) in [6.07, 6.45) is 2.23. The van der Waals surface area contributed by atoms with Crippen LogP contribution >= 0.6 is 0 Å². The van der Waals surface area contributed by atoms with Crippen molar-refractivity contribution in [1.82, 2.24) is 10.5 Å². The predicted octanol–water partition coefficient (Wildman–Crippen LogP) is 3.40. The van der Waals surface area contributed by atoms with Crippen molar-refractivity contribution in [2.24, 2.45) is 0 Å². The Morgan fingerprint density at radius 3 is 2.79 bits per heavy atom. The normalized spacial score (nSPS) is 12.6. The van der Waals surface area contributed by atoms with E-state index in [0.717, 1.165) is 30.8 Å². The molecule has 0 radical (unpaired) electrons. The van der Waals surface area contributed by atoms with Gasteiger partial charge in [-0.15, -0.1) is 0 Å². The molecule has 19 heavy (non-hydrogen) atoms. The third-order valence-electron chi connectivity index (χ3n) is 3.26. The van der Waals surface area contributed by atoms with E-state index in [1.807, 2.05) is 13.0 Å². The minimum Gasteiger partial charge on any atom is -0.361 e. The molecule has 102 valence electrons. The molecule has 0 saturated heterocycles. The standard InChI is InChI=1S/C16H22N2O/c1-12-5-4-6-15(9-12)8-7-13(2)17-11-16-10-14(3)19-18-16/h4-6,9-10,13,17H,7-8,11H2,1-3H3. The summed E-state index contributed by atoms with van der Waals surface area (Å²) in [7, 11) is 0. The third-order valence-corrected chi connectivity index (χ3v) is 3.26. The summed E-state index contributed by atoms with van der Waals surface area (Å²) in [5.74, 6) is 0.865. The van der Waals surface area contributed by atoms with E-state index in [1.54, 1.807) is 0 Å². The first-order valence-corrected chi connectivity index (χ1v) is 6.84. The van der Waals surface area contributed by atoms with Gasteiger partial charge in [-0.2, -0.15) is 0 Å². The van der Waals surface area contributed by atoms with Crippen LogP contribution in [0.3, 0.4) is 0 Å². The van der Waals surface area contributed by atoms with Crippen molar-refractivity contribution in [1.29, 1.82) is 0 Å². The van der Waals surface area contributed by atoms with Crippen LogP contribution in [0.1, 0.15) is 35.9 Å². The lowest BCUT2D eigenvalue weighted by molar-refractivity contribution is 0.385. The Kier molecular flexibility index (Phi) is 4.74. The summed E-state index contributed by atoms with van der Waals surface area (Å²) in [5, 5.41) is 7.45. The number of nitrogens with one attached hydrogen (secondary N) is 1. The molecule has 1 heterocycles. The molecule has 0 fully saturated rings. The maximum Gasteiger partial charge on any atom is 0.133 e. The van der Waals surface area contributed by atoms with Gasteiger partial charge in [0.2, 0.25) is 0 Å². The smallest absolute Gasteiger partial charge is 0.133 e. The van der Waals surface area contributed by atoms with E-state index in [2.05, 4.69) is 48.6 Å². The molecule has 3 heteroatoms. The second-order valence-corrected chi connectivity index (χ2v) is 5.24. The van der Waals surface area contributed by atoms with Crippen molar-refractivity contribution >= 4 is 0 Å². The van der Waals surface area contributed by atoms with Gasteiger partial charge in [-0.3, -0.25) is 0 Å². The zero-order chi connectivity index (χ0) is 13.7. The second-order valence-electron chi connectivity index (χ2n) is 5.24. The monoisotopic (exact) mass is 258 g/mol. The molecular weight excluding hydrogens is 236 g/mol. The van der Waals surface area contributed by atoms with E-state index in [4.69, 9.17) is 4.52 Å². The average Bonchev–Trinajstić information content (AvgIpc) is 2.80. The lowest BCUT2D eigenvalue weighted by Gasteiger charge is -2.12. The average molecular weight is 258 g/mol. The highest BCUT2D eigenvalue weighted by molar-refractivity contribution is 5.22. The van der Waals surface area contributed by atoms with Crippen LogP contribution in [0, 0.1) is 13.8 Å². The Morgan fingerprint density at radius 2 is 2.11 bits per heavy atom. The highest BCUT2D eigenvalue weighted by Crippen LogP contribution is 2.08. The van der Waals surface area contributed by atoms with Crippen LogP contribution in [0.25, 0.3) is 0 Å². The van der Waals surface area contributed by atoms with Crippen LogP contribution in [0.15, 0.2) is 34.9 Å². The van der Waals surface area contributed by atoms with Crippen molar-refractivity contribution in [2.45, 2.75) is 46.2 Å². The maximum atomic E-state index is 5.05. The van der Waals surface area contributed by atoms with Crippen molar-refractivity contribution in [2.75, 3.05) is 0 Å². The van der Waals surface area contributed by atoms with Crippen LogP contribution in [0.2, 0.25) is 0 Å². The Bertz CT molecular complexity index is 519. The number of aryl methyl sites for hydroxylation is 3. The lowest BCUT2D eigenvalue weighted by atomic mass is 10.0. The second kappa shape index (κ2) is 6.53. The number of hydrogen-bond donors (Lipinski definition) is 1. The van der Waals surface area contributed by atoms with Gasteiger partial charge in [0, 0.05) is 18.7 Å². The fourth-order valence-corrected chi connectivity index (χ4v) is 2.13. The summed E-state index contributed by atoms with van der Waals surface area (Å²) in [5.41, 5.74) is 3.71. The molecule has 0 amide bonds. The fraction of sp³-hybridized carbons (Fsp3) is 0.438. The summed E-state index contributed by atoms with van der Waals surface area (Å²) < 4.78 is 5.05. The van der Waals surface area contributed by atoms with Crippen molar-refractivity contribution in [3.63, 3.8) is 0 Å². The van der Waals surface area contributed by atoms with Gasteiger partial charge < -0.3 is 9.84 Å². The first-order chi connectivity index (χ1) is 9.13. The van der Waals surface area contributed by atoms with Gasteiger partial charge >= 0.3 is 0 Å². The van der Waals surface area contributed by atoms with Gasteiger partial charge in [0.05, 0.1) is 5.69 Å². The molecule has 2 rings (SSSR count). The van der Waals surface area contributed by atoms with Gasteiger partial charge in [0.1, 0.15) is 5.76 Å². The molecule has 0 saturated carbocycles. The molecule has 0 spiro atoms. The Morgan fingerprint density at radius 1 is 1.26 bits per heavy atom. The third kappa shape index (κ3) is 4.52. The van der Waals surface area contributed by atoms with E-state index in [0.29, 0.717) is 6.04 Å². The number of rotatable bonds is 6. The number of nitrogens with zero attached hydrogens (tertiary/aromatic N) is 1. The molecule has 2 aromatic rings. The van der Waals surface area contributed by atoms with E-state index in [9.17, 15) is 0 Å². The summed E-state index contributed by atoms with van der Waals surface area (Å²) in [6, 6.07) is 11.2. The van der Waals surface area contributed by atoms with Crippen LogP contribution in [-0.2, 0) is 13.0 Å². The van der Waals surface area contributed by atoms with Crippen molar-refractivity contribution < 1.29 is 4.52 Å². The summed E-state index contributed by atoms with van der Waals surface area (Å²) in [4.78, 5) is 0. The minimum atomic E-state index is 0.470. The van der Waals surface area contributed by atoms with Crippen LogP contribution in [0.5, 0.6) is 0 Å². The minimum absolute atomic E-state index is 0.470. The quantitative estimate of drug-likeness (QED) is 0.863. The first kappa shape index (κ1) is 13.8. The summed E-state index contributed by atoms with van der Waals surface area (Å²) in [6.45, 7) is 7.03. The Balaban J connectivity index is 1.74.